The van der Waals surface area contributed by atoms with Crippen LogP contribution < -0.4 is 10.0 Å². The van der Waals surface area contributed by atoms with Crippen molar-refractivity contribution in [1.29, 1.82) is 0 Å². The molecule has 0 atom stereocenters. The van der Waals surface area contributed by atoms with Crippen molar-refractivity contribution in [2.45, 2.75) is 18.3 Å². The SMILES string of the molecule is CS(=O)(=O)Nc1ccc(NC(=O)C2(c3ccc(Cl)cc3)CCOCC2)cc1. The number of hydrogen-bond donors (Lipinski definition) is 2. The van der Waals surface area contributed by atoms with Crippen molar-refractivity contribution in [3.63, 3.8) is 0 Å². The van der Waals surface area contributed by atoms with Gasteiger partial charge >= 0.3 is 0 Å². The van der Waals surface area contributed by atoms with Gasteiger partial charge in [0.1, 0.15) is 0 Å². The van der Waals surface area contributed by atoms with Crippen LogP contribution in [-0.4, -0.2) is 33.8 Å². The molecule has 1 saturated heterocycles. The van der Waals surface area contributed by atoms with E-state index < -0.39 is 15.4 Å². The summed E-state index contributed by atoms with van der Waals surface area (Å²) >= 11 is 5.99. The maximum atomic E-state index is 13.2. The highest BCUT2D eigenvalue weighted by Crippen LogP contribution is 2.36. The van der Waals surface area contributed by atoms with Gasteiger partial charge in [0.15, 0.2) is 0 Å². The van der Waals surface area contributed by atoms with E-state index in [0.717, 1.165) is 11.8 Å². The summed E-state index contributed by atoms with van der Waals surface area (Å²) in [5.74, 6) is -0.114. The summed E-state index contributed by atoms with van der Waals surface area (Å²) in [7, 11) is -3.34. The van der Waals surface area contributed by atoms with Crippen molar-refractivity contribution in [2.75, 3.05) is 29.5 Å². The molecule has 0 unspecified atom stereocenters. The molecule has 2 aromatic carbocycles. The molecular weight excluding hydrogens is 388 g/mol. The number of anilines is 2. The Hall–Kier alpha value is -2.09. The van der Waals surface area contributed by atoms with Crippen LogP contribution in [0.5, 0.6) is 0 Å². The van der Waals surface area contributed by atoms with Crippen molar-refractivity contribution in [2.24, 2.45) is 0 Å². The van der Waals surface area contributed by atoms with Crippen LogP contribution in [0.15, 0.2) is 48.5 Å². The van der Waals surface area contributed by atoms with Crippen LogP contribution >= 0.6 is 11.6 Å². The molecule has 0 aliphatic carbocycles. The Morgan fingerprint density at radius 2 is 1.56 bits per heavy atom. The predicted molar refractivity (Wildman–Crippen MR) is 107 cm³/mol. The number of halogens is 1. The fraction of sp³-hybridized carbons (Fsp3) is 0.316. The molecule has 0 spiro atoms. The highest BCUT2D eigenvalue weighted by molar-refractivity contribution is 7.92. The molecule has 0 aromatic heterocycles. The molecule has 0 bridgehead atoms. The molecule has 1 amide bonds. The first-order valence-corrected chi connectivity index (χ1v) is 10.8. The predicted octanol–water partition coefficient (Wildman–Crippen LogP) is 3.40. The van der Waals surface area contributed by atoms with E-state index in [1.807, 2.05) is 12.1 Å². The molecule has 6 nitrogen and oxygen atoms in total. The zero-order valence-electron chi connectivity index (χ0n) is 14.9. The molecule has 3 rings (SSSR count). The molecule has 1 aliphatic heterocycles. The third-order valence-corrected chi connectivity index (χ3v) is 5.48. The molecule has 0 saturated carbocycles. The number of amides is 1. The Morgan fingerprint density at radius 1 is 1.00 bits per heavy atom. The average Bonchev–Trinajstić information content (AvgIpc) is 2.63. The van der Waals surface area contributed by atoms with Crippen molar-refractivity contribution < 1.29 is 17.9 Å². The van der Waals surface area contributed by atoms with Crippen LogP contribution in [0.4, 0.5) is 11.4 Å². The minimum Gasteiger partial charge on any atom is -0.381 e. The minimum atomic E-state index is -3.34. The third kappa shape index (κ3) is 4.80. The third-order valence-electron chi connectivity index (χ3n) is 4.62. The van der Waals surface area contributed by atoms with Gasteiger partial charge in [-0.3, -0.25) is 9.52 Å². The molecule has 2 N–H and O–H groups in total. The molecule has 27 heavy (non-hydrogen) atoms. The van der Waals surface area contributed by atoms with Gasteiger partial charge in [-0.25, -0.2) is 8.42 Å². The van der Waals surface area contributed by atoms with E-state index in [2.05, 4.69) is 10.0 Å². The molecule has 0 radical (unpaired) electrons. The van der Waals surface area contributed by atoms with E-state index in [4.69, 9.17) is 16.3 Å². The largest absolute Gasteiger partial charge is 0.381 e. The lowest BCUT2D eigenvalue weighted by molar-refractivity contribution is -0.125. The first-order valence-electron chi connectivity index (χ1n) is 8.52. The molecule has 144 valence electrons. The van der Waals surface area contributed by atoms with Gasteiger partial charge in [-0.2, -0.15) is 0 Å². The lowest BCUT2D eigenvalue weighted by Crippen LogP contribution is -2.44. The summed E-state index contributed by atoms with van der Waals surface area (Å²) in [5, 5.41) is 3.57. The van der Waals surface area contributed by atoms with E-state index in [-0.39, 0.29) is 5.91 Å². The Labute approximate surface area is 163 Å². The van der Waals surface area contributed by atoms with Gasteiger partial charge in [0.25, 0.3) is 0 Å². The molecule has 1 fully saturated rings. The second-order valence-electron chi connectivity index (χ2n) is 6.61. The Morgan fingerprint density at radius 3 is 2.11 bits per heavy atom. The minimum absolute atomic E-state index is 0.114. The van der Waals surface area contributed by atoms with Gasteiger partial charge in [-0.05, 0) is 54.8 Å². The van der Waals surface area contributed by atoms with Crippen molar-refractivity contribution in [3.05, 3.63) is 59.1 Å². The zero-order valence-corrected chi connectivity index (χ0v) is 16.4. The number of sulfonamides is 1. The zero-order chi connectivity index (χ0) is 19.5. The Balaban J connectivity index is 1.82. The van der Waals surface area contributed by atoms with Crippen molar-refractivity contribution in [1.82, 2.24) is 0 Å². The Bertz CT molecular complexity index is 906. The number of rotatable bonds is 5. The average molecular weight is 409 g/mol. The van der Waals surface area contributed by atoms with Gasteiger partial charge in [-0.15, -0.1) is 0 Å². The van der Waals surface area contributed by atoms with Crippen molar-refractivity contribution in [3.8, 4) is 0 Å². The number of ether oxygens (including phenoxy) is 1. The topological polar surface area (TPSA) is 84.5 Å². The quantitative estimate of drug-likeness (QED) is 0.794. The second-order valence-corrected chi connectivity index (χ2v) is 8.79. The standard InChI is InChI=1S/C19H21ClN2O4S/c1-27(24,25)22-17-8-6-16(7-9-17)21-18(23)19(10-12-26-13-11-19)14-2-4-15(20)5-3-14/h2-9,22H,10-13H2,1H3,(H,21,23). The molecular formula is C19H21ClN2O4S. The van der Waals surface area contributed by atoms with E-state index in [1.165, 1.54) is 0 Å². The number of benzene rings is 2. The Kier molecular flexibility index (Phi) is 5.74. The van der Waals surface area contributed by atoms with E-state index in [9.17, 15) is 13.2 Å². The van der Waals surface area contributed by atoms with E-state index in [1.54, 1.807) is 36.4 Å². The van der Waals surface area contributed by atoms with Gasteiger partial charge in [-0.1, -0.05) is 23.7 Å². The monoisotopic (exact) mass is 408 g/mol. The number of hydrogen-bond acceptors (Lipinski definition) is 4. The van der Waals surface area contributed by atoms with Crippen LogP contribution in [0.2, 0.25) is 5.02 Å². The maximum absolute atomic E-state index is 13.2. The lowest BCUT2D eigenvalue weighted by Gasteiger charge is -2.36. The first-order chi connectivity index (χ1) is 12.8. The summed E-state index contributed by atoms with van der Waals surface area (Å²) in [6, 6.07) is 13.9. The highest BCUT2D eigenvalue weighted by Gasteiger charge is 2.41. The lowest BCUT2D eigenvalue weighted by atomic mass is 9.73. The van der Waals surface area contributed by atoms with Gasteiger partial charge in [0.2, 0.25) is 15.9 Å². The molecule has 2 aromatic rings. The van der Waals surface area contributed by atoms with Gasteiger partial charge in [0, 0.05) is 29.6 Å². The van der Waals surface area contributed by atoms with Crippen LogP contribution in [0.1, 0.15) is 18.4 Å². The first kappa shape index (κ1) is 19.7. The molecule has 1 aliphatic rings. The highest BCUT2D eigenvalue weighted by atomic mass is 35.5. The van der Waals surface area contributed by atoms with Gasteiger partial charge < -0.3 is 10.1 Å². The van der Waals surface area contributed by atoms with Crippen LogP contribution in [0.3, 0.4) is 0 Å². The van der Waals surface area contributed by atoms with Crippen molar-refractivity contribution >= 4 is 38.9 Å². The van der Waals surface area contributed by atoms with Crippen LogP contribution in [0, 0.1) is 0 Å². The number of carbonyl (C=O) groups excluding carboxylic acids is 1. The van der Waals surface area contributed by atoms with Gasteiger partial charge in [0.05, 0.1) is 11.7 Å². The number of carbonyl (C=O) groups is 1. The fourth-order valence-corrected chi connectivity index (χ4v) is 3.91. The number of nitrogens with one attached hydrogen (secondary N) is 2. The fourth-order valence-electron chi connectivity index (χ4n) is 3.22. The van der Waals surface area contributed by atoms with Crippen LogP contribution in [0.25, 0.3) is 0 Å². The smallest absolute Gasteiger partial charge is 0.235 e. The summed E-state index contributed by atoms with van der Waals surface area (Å²) in [6.07, 6.45) is 2.24. The van der Waals surface area contributed by atoms with Crippen LogP contribution in [-0.2, 0) is 25.0 Å². The summed E-state index contributed by atoms with van der Waals surface area (Å²) < 4.78 is 30.4. The van der Waals surface area contributed by atoms with E-state index >= 15 is 0 Å². The van der Waals surface area contributed by atoms with E-state index in [0.29, 0.717) is 42.5 Å². The molecule has 1 heterocycles. The maximum Gasteiger partial charge on any atom is 0.235 e. The second kappa shape index (κ2) is 7.88. The summed E-state index contributed by atoms with van der Waals surface area (Å²) in [5.41, 5.74) is 1.25. The molecule has 8 heteroatoms. The normalized spacial score (nSPS) is 16.5. The summed E-state index contributed by atoms with van der Waals surface area (Å²) in [6.45, 7) is 1.01. The summed E-state index contributed by atoms with van der Waals surface area (Å²) in [4.78, 5) is 13.2.